The topological polar surface area (TPSA) is 88.6 Å². The van der Waals surface area contributed by atoms with Crippen molar-refractivity contribution >= 4 is 15.9 Å². The van der Waals surface area contributed by atoms with Gasteiger partial charge in [-0.05, 0) is 42.8 Å². The van der Waals surface area contributed by atoms with Gasteiger partial charge in [0.15, 0.2) is 0 Å². The smallest absolute Gasteiger partial charge is 0.251 e. The zero-order valence-corrected chi connectivity index (χ0v) is 15.3. The molecule has 1 N–H and O–H groups in total. The van der Waals surface area contributed by atoms with E-state index in [1.807, 2.05) is 6.92 Å². The number of hydrogen-bond donors (Lipinski definition) is 1. The Labute approximate surface area is 153 Å². The van der Waals surface area contributed by atoms with Gasteiger partial charge < -0.3 is 10.1 Å². The Balaban J connectivity index is 1.76. The van der Waals surface area contributed by atoms with Crippen molar-refractivity contribution in [2.75, 3.05) is 19.8 Å². The number of carbonyl (C=O) groups is 1. The monoisotopic (exact) mass is 375 g/mol. The first kappa shape index (κ1) is 18.5. The number of amides is 1. The predicted molar refractivity (Wildman–Crippen MR) is 96.0 cm³/mol. The molecule has 138 valence electrons. The molecule has 1 aromatic carbocycles. The van der Waals surface area contributed by atoms with Crippen LogP contribution in [0.25, 0.3) is 0 Å². The lowest BCUT2D eigenvalue weighted by Gasteiger charge is -2.32. The first-order valence-electron chi connectivity index (χ1n) is 8.35. The predicted octanol–water partition coefficient (Wildman–Crippen LogP) is 1.42. The van der Waals surface area contributed by atoms with Gasteiger partial charge in [-0.1, -0.05) is 6.07 Å². The summed E-state index contributed by atoms with van der Waals surface area (Å²) in [5.41, 5.74) is 1.22. The third kappa shape index (κ3) is 4.09. The van der Waals surface area contributed by atoms with Crippen molar-refractivity contribution in [3.05, 3.63) is 59.9 Å². The van der Waals surface area contributed by atoms with Crippen LogP contribution in [0.15, 0.2) is 53.7 Å². The molecule has 0 bridgehead atoms. The fraction of sp³-hybridized carbons (Fsp3) is 0.333. The Morgan fingerprint density at radius 3 is 2.81 bits per heavy atom. The molecule has 0 aliphatic carbocycles. The van der Waals surface area contributed by atoms with E-state index in [0.29, 0.717) is 31.9 Å². The van der Waals surface area contributed by atoms with Crippen molar-refractivity contribution in [3.8, 4) is 0 Å². The summed E-state index contributed by atoms with van der Waals surface area (Å²) in [6, 6.07) is 9.49. The molecule has 1 unspecified atom stereocenters. The van der Waals surface area contributed by atoms with E-state index in [0.717, 1.165) is 5.56 Å². The highest BCUT2D eigenvalue weighted by Gasteiger charge is 2.31. The first-order valence-corrected chi connectivity index (χ1v) is 9.79. The molecule has 2 aromatic rings. The summed E-state index contributed by atoms with van der Waals surface area (Å²) in [7, 11) is -3.67. The third-order valence-electron chi connectivity index (χ3n) is 4.21. The molecule has 26 heavy (non-hydrogen) atoms. The number of ether oxygens (including phenoxy) is 1. The molecule has 2 heterocycles. The Morgan fingerprint density at radius 2 is 2.08 bits per heavy atom. The zero-order chi connectivity index (χ0) is 18.6. The van der Waals surface area contributed by atoms with Crippen LogP contribution in [0.2, 0.25) is 0 Å². The average molecular weight is 375 g/mol. The highest BCUT2D eigenvalue weighted by Crippen LogP contribution is 2.21. The van der Waals surface area contributed by atoms with Crippen molar-refractivity contribution in [2.45, 2.75) is 24.4 Å². The maximum Gasteiger partial charge on any atom is 0.251 e. The van der Waals surface area contributed by atoms with Gasteiger partial charge in [-0.2, -0.15) is 4.31 Å². The van der Waals surface area contributed by atoms with Crippen LogP contribution in [0.3, 0.4) is 0 Å². The highest BCUT2D eigenvalue weighted by molar-refractivity contribution is 7.89. The van der Waals surface area contributed by atoms with Crippen LogP contribution in [0, 0.1) is 0 Å². The van der Waals surface area contributed by atoms with E-state index < -0.39 is 10.0 Å². The van der Waals surface area contributed by atoms with Crippen molar-refractivity contribution in [2.24, 2.45) is 0 Å². The van der Waals surface area contributed by atoms with Gasteiger partial charge in [-0.3, -0.25) is 9.78 Å². The Morgan fingerprint density at radius 1 is 1.31 bits per heavy atom. The number of rotatable bonds is 5. The Hall–Kier alpha value is -2.29. The third-order valence-corrected chi connectivity index (χ3v) is 6.22. The molecule has 0 radical (unpaired) electrons. The van der Waals surface area contributed by atoms with E-state index in [-0.39, 0.29) is 16.8 Å². The fourth-order valence-corrected chi connectivity index (χ4v) is 4.43. The van der Waals surface area contributed by atoms with Crippen LogP contribution < -0.4 is 5.32 Å². The molecule has 1 aromatic heterocycles. The Kier molecular flexibility index (Phi) is 5.65. The summed E-state index contributed by atoms with van der Waals surface area (Å²) < 4.78 is 32.5. The van der Waals surface area contributed by atoms with E-state index in [1.165, 1.54) is 16.4 Å². The van der Waals surface area contributed by atoms with E-state index >= 15 is 0 Å². The van der Waals surface area contributed by atoms with Gasteiger partial charge in [-0.25, -0.2) is 8.42 Å². The number of nitrogens with one attached hydrogen (secondary N) is 1. The number of pyridine rings is 1. The number of carbonyl (C=O) groups excluding carboxylic acids is 1. The van der Waals surface area contributed by atoms with Gasteiger partial charge in [0.1, 0.15) is 0 Å². The molecule has 0 spiro atoms. The van der Waals surface area contributed by atoms with E-state index in [2.05, 4.69) is 10.3 Å². The van der Waals surface area contributed by atoms with Gasteiger partial charge >= 0.3 is 0 Å². The molecule has 1 atom stereocenters. The van der Waals surface area contributed by atoms with Gasteiger partial charge in [0.25, 0.3) is 5.91 Å². The number of aromatic nitrogens is 1. The summed E-state index contributed by atoms with van der Waals surface area (Å²) in [5, 5.41) is 2.79. The molecule has 3 rings (SSSR count). The van der Waals surface area contributed by atoms with Crippen LogP contribution in [0.1, 0.15) is 22.8 Å². The lowest BCUT2D eigenvalue weighted by atomic mass is 10.2. The fourth-order valence-electron chi connectivity index (χ4n) is 2.79. The van der Waals surface area contributed by atoms with Crippen molar-refractivity contribution in [1.82, 2.24) is 14.6 Å². The molecule has 1 aliphatic rings. The number of nitrogens with zero attached hydrogens (tertiary/aromatic N) is 2. The summed E-state index contributed by atoms with van der Waals surface area (Å²) in [6.07, 6.45) is 3.30. The molecule has 7 nitrogen and oxygen atoms in total. The molecular formula is C18H21N3O4S. The molecule has 8 heteroatoms. The maximum atomic E-state index is 12.9. The summed E-state index contributed by atoms with van der Waals surface area (Å²) in [4.78, 5) is 16.4. The molecular weight excluding hydrogens is 354 g/mol. The maximum absolute atomic E-state index is 12.9. The average Bonchev–Trinajstić information content (AvgIpc) is 2.67. The number of benzene rings is 1. The van der Waals surface area contributed by atoms with Crippen LogP contribution in [-0.4, -0.2) is 49.4 Å². The normalized spacial score (nSPS) is 18.4. The van der Waals surface area contributed by atoms with Crippen LogP contribution in [0.5, 0.6) is 0 Å². The summed E-state index contributed by atoms with van der Waals surface area (Å²) >= 11 is 0. The number of hydrogen-bond acceptors (Lipinski definition) is 5. The van der Waals surface area contributed by atoms with Crippen molar-refractivity contribution in [3.63, 3.8) is 0 Å². The first-order chi connectivity index (χ1) is 12.5. The SMILES string of the molecule is CC1COCCN1S(=O)(=O)c1cccc(C(=O)NCc2ccncc2)c1. The second-order valence-corrected chi connectivity index (χ2v) is 8.00. The lowest BCUT2D eigenvalue weighted by molar-refractivity contribution is 0.0392. The van der Waals surface area contributed by atoms with Crippen molar-refractivity contribution in [1.29, 1.82) is 0 Å². The zero-order valence-electron chi connectivity index (χ0n) is 14.5. The lowest BCUT2D eigenvalue weighted by Crippen LogP contribution is -2.46. The van der Waals surface area contributed by atoms with E-state index in [4.69, 9.17) is 4.74 Å². The number of morpholine rings is 1. The molecule has 1 saturated heterocycles. The van der Waals surface area contributed by atoms with Gasteiger partial charge in [0.05, 0.1) is 18.1 Å². The molecule has 0 saturated carbocycles. The van der Waals surface area contributed by atoms with Gasteiger partial charge in [-0.15, -0.1) is 0 Å². The second kappa shape index (κ2) is 7.94. The van der Waals surface area contributed by atoms with E-state index in [9.17, 15) is 13.2 Å². The molecule has 1 amide bonds. The van der Waals surface area contributed by atoms with Gasteiger partial charge in [0, 0.05) is 37.1 Å². The minimum Gasteiger partial charge on any atom is -0.378 e. The standard InChI is InChI=1S/C18H21N3O4S/c1-14-13-25-10-9-21(14)26(23,24)17-4-2-3-16(11-17)18(22)20-12-15-5-7-19-8-6-15/h2-8,11,14H,9-10,12-13H2,1H3,(H,20,22). The van der Waals surface area contributed by atoms with Gasteiger partial charge in [0.2, 0.25) is 10.0 Å². The minimum absolute atomic E-state index is 0.114. The second-order valence-electron chi connectivity index (χ2n) is 6.11. The Bertz CT molecular complexity index is 871. The van der Waals surface area contributed by atoms with Crippen molar-refractivity contribution < 1.29 is 17.9 Å². The molecule has 1 aliphatic heterocycles. The molecule has 1 fully saturated rings. The summed E-state index contributed by atoms with van der Waals surface area (Å²) in [6.45, 7) is 3.20. The van der Waals surface area contributed by atoms with Crippen LogP contribution >= 0.6 is 0 Å². The highest BCUT2D eigenvalue weighted by atomic mass is 32.2. The van der Waals surface area contributed by atoms with Crippen LogP contribution in [0.4, 0.5) is 0 Å². The largest absolute Gasteiger partial charge is 0.378 e. The summed E-state index contributed by atoms with van der Waals surface area (Å²) in [5.74, 6) is -0.325. The quantitative estimate of drug-likeness (QED) is 0.854. The van der Waals surface area contributed by atoms with Crippen LogP contribution in [-0.2, 0) is 21.3 Å². The number of sulfonamides is 1. The van der Waals surface area contributed by atoms with E-state index in [1.54, 1.807) is 36.7 Å². The minimum atomic E-state index is -3.67.